The number of ether oxygens (including phenoxy) is 1. The molecule has 1 aromatic heterocycles. The van der Waals surface area contributed by atoms with Crippen molar-refractivity contribution in [1.29, 1.82) is 0 Å². The Balaban J connectivity index is 1.70. The Morgan fingerprint density at radius 1 is 1.00 bits per heavy atom. The molecule has 32 heavy (non-hydrogen) atoms. The third-order valence-corrected chi connectivity index (χ3v) is 5.60. The molecule has 0 saturated heterocycles. The molecule has 0 radical (unpaired) electrons. The van der Waals surface area contributed by atoms with Gasteiger partial charge in [-0.15, -0.1) is 5.10 Å². The van der Waals surface area contributed by atoms with Gasteiger partial charge >= 0.3 is 0 Å². The molecule has 4 rings (SSSR count). The molecule has 162 valence electrons. The molecule has 0 aliphatic carbocycles. The molecular formula is C25H23BrN4O2. The van der Waals surface area contributed by atoms with Crippen molar-refractivity contribution in [2.24, 2.45) is 0 Å². The van der Waals surface area contributed by atoms with Crippen LogP contribution in [0.25, 0.3) is 17.1 Å². The second-order valence-electron chi connectivity index (χ2n) is 7.36. The van der Waals surface area contributed by atoms with Crippen molar-refractivity contribution < 1.29 is 9.53 Å². The summed E-state index contributed by atoms with van der Waals surface area (Å²) in [5, 5.41) is 7.41. The fourth-order valence-corrected chi connectivity index (χ4v) is 3.48. The molecule has 1 amide bonds. The minimum atomic E-state index is -0.380. The number of carbonyl (C=O) groups excluding carboxylic acids is 1. The van der Waals surface area contributed by atoms with E-state index in [-0.39, 0.29) is 11.7 Å². The molecule has 7 heteroatoms. The van der Waals surface area contributed by atoms with E-state index in [1.165, 1.54) is 5.56 Å². The van der Waals surface area contributed by atoms with Crippen LogP contribution in [-0.4, -0.2) is 27.3 Å². The van der Waals surface area contributed by atoms with Gasteiger partial charge in [0, 0.05) is 15.7 Å². The average Bonchev–Trinajstić information content (AvgIpc) is 3.23. The lowest BCUT2D eigenvalue weighted by atomic mass is 10.1. The van der Waals surface area contributed by atoms with Crippen molar-refractivity contribution in [3.63, 3.8) is 0 Å². The van der Waals surface area contributed by atoms with Crippen molar-refractivity contribution in [2.75, 3.05) is 11.9 Å². The average molecular weight is 491 g/mol. The van der Waals surface area contributed by atoms with Crippen LogP contribution >= 0.6 is 15.9 Å². The number of aromatic nitrogens is 3. The third-order valence-electron chi connectivity index (χ3n) is 5.07. The van der Waals surface area contributed by atoms with E-state index in [9.17, 15) is 4.79 Å². The predicted octanol–water partition coefficient (Wildman–Crippen LogP) is 5.96. The maximum Gasteiger partial charge on any atom is 0.295 e. The summed E-state index contributed by atoms with van der Waals surface area (Å²) in [4.78, 5) is 17.5. The molecule has 3 aromatic carbocycles. The number of hydrogen-bond donors (Lipinski definition) is 1. The van der Waals surface area contributed by atoms with Crippen molar-refractivity contribution >= 4 is 27.5 Å². The van der Waals surface area contributed by atoms with Crippen LogP contribution in [0.4, 0.5) is 5.69 Å². The highest BCUT2D eigenvalue weighted by Crippen LogP contribution is 2.25. The van der Waals surface area contributed by atoms with E-state index in [4.69, 9.17) is 4.74 Å². The van der Waals surface area contributed by atoms with Crippen molar-refractivity contribution in [2.45, 2.75) is 20.8 Å². The molecule has 0 atom stereocenters. The van der Waals surface area contributed by atoms with Gasteiger partial charge in [0.2, 0.25) is 5.82 Å². The standard InChI is InChI=1S/C25H23BrN4O2/c1-4-32-22-13-10-20(11-14-22)27-25(31)23-28-24(18-6-8-19(26)9-7-18)30(29-23)21-12-5-16(2)17(3)15-21/h5-15H,4H2,1-3H3,(H,27,31). The van der Waals surface area contributed by atoms with Crippen LogP contribution in [0, 0.1) is 13.8 Å². The number of anilines is 1. The molecule has 0 bridgehead atoms. The Bertz CT molecular complexity index is 1250. The number of hydrogen-bond acceptors (Lipinski definition) is 4. The highest BCUT2D eigenvalue weighted by atomic mass is 79.9. The molecule has 6 nitrogen and oxygen atoms in total. The number of aryl methyl sites for hydroxylation is 2. The minimum Gasteiger partial charge on any atom is -0.494 e. The summed E-state index contributed by atoms with van der Waals surface area (Å²) in [7, 11) is 0. The largest absolute Gasteiger partial charge is 0.494 e. The first-order chi connectivity index (χ1) is 15.4. The van der Waals surface area contributed by atoms with Crippen LogP contribution < -0.4 is 10.1 Å². The second-order valence-corrected chi connectivity index (χ2v) is 8.27. The topological polar surface area (TPSA) is 69.0 Å². The number of nitrogens with zero attached hydrogens (tertiary/aromatic N) is 3. The maximum absolute atomic E-state index is 12.9. The number of nitrogens with one attached hydrogen (secondary N) is 1. The normalized spacial score (nSPS) is 10.8. The first-order valence-corrected chi connectivity index (χ1v) is 11.1. The molecular weight excluding hydrogens is 468 g/mol. The lowest BCUT2D eigenvalue weighted by molar-refractivity contribution is 0.101. The van der Waals surface area contributed by atoms with Crippen molar-refractivity contribution in [1.82, 2.24) is 14.8 Å². The Hall–Kier alpha value is -3.45. The van der Waals surface area contributed by atoms with E-state index in [0.717, 1.165) is 27.0 Å². The third kappa shape index (κ3) is 4.73. The highest BCUT2D eigenvalue weighted by molar-refractivity contribution is 9.10. The van der Waals surface area contributed by atoms with Crippen LogP contribution in [0.3, 0.4) is 0 Å². The van der Waals surface area contributed by atoms with E-state index in [1.54, 1.807) is 16.8 Å². The summed E-state index contributed by atoms with van der Waals surface area (Å²) in [6.45, 7) is 6.63. The molecule has 4 aromatic rings. The van der Waals surface area contributed by atoms with Gasteiger partial charge in [0.25, 0.3) is 5.91 Å². The van der Waals surface area contributed by atoms with Crippen LogP contribution in [0.5, 0.6) is 5.75 Å². The van der Waals surface area contributed by atoms with E-state index in [0.29, 0.717) is 18.1 Å². The number of amides is 1. The Morgan fingerprint density at radius 2 is 1.72 bits per heavy atom. The van der Waals surface area contributed by atoms with Gasteiger partial charge in [-0.05, 0) is 80.4 Å². The van der Waals surface area contributed by atoms with Gasteiger partial charge in [0.15, 0.2) is 5.82 Å². The minimum absolute atomic E-state index is 0.0926. The van der Waals surface area contributed by atoms with Gasteiger partial charge in [0.1, 0.15) is 5.75 Å². The first-order valence-electron chi connectivity index (χ1n) is 10.3. The fourth-order valence-electron chi connectivity index (χ4n) is 3.22. The van der Waals surface area contributed by atoms with Crippen molar-refractivity contribution in [3.8, 4) is 22.8 Å². The van der Waals surface area contributed by atoms with E-state index < -0.39 is 0 Å². The van der Waals surface area contributed by atoms with Crippen LogP contribution in [-0.2, 0) is 0 Å². The first kappa shape index (κ1) is 21.8. The van der Waals surface area contributed by atoms with Crippen LogP contribution in [0.15, 0.2) is 71.2 Å². The summed E-state index contributed by atoms with van der Waals surface area (Å²) in [5.74, 6) is 1.06. The van der Waals surface area contributed by atoms with E-state index >= 15 is 0 Å². The zero-order valence-corrected chi connectivity index (χ0v) is 19.7. The second kappa shape index (κ2) is 9.36. The number of halogens is 1. The monoisotopic (exact) mass is 490 g/mol. The molecule has 0 aliphatic heterocycles. The van der Waals surface area contributed by atoms with E-state index in [1.807, 2.05) is 61.5 Å². The molecule has 0 aliphatic rings. The lowest BCUT2D eigenvalue weighted by Gasteiger charge is -2.08. The lowest BCUT2D eigenvalue weighted by Crippen LogP contribution is -2.14. The number of benzene rings is 3. The van der Waals surface area contributed by atoms with E-state index in [2.05, 4.69) is 45.2 Å². The molecule has 0 fully saturated rings. The van der Waals surface area contributed by atoms with Gasteiger partial charge in [0.05, 0.1) is 12.3 Å². The van der Waals surface area contributed by atoms with Gasteiger partial charge in [-0.2, -0.15) is 0 Å². The zero-order chi connectivity index (χ0) is 22.7. The summed E-state index contributed by atoms with van der Waals surface area (Å²) < 4.78 is 8.13. The van der Waals surface area contributed by atoms with Gasteiger partial charge < -0.3 is 10.1 Å². The molecule has 1 heterocycles. The Morgan fingerprint density at radius 3 is 2.38 bits per heavy atom. The predicted molar refractivity (Wildman–Crippen MR) is 130 cm³/mol. The molecule has 0 spiro atoms. The van der Waals surface area contributed by atoms with Gasteiger partial charge in [-0.25, -0.2) is 9.67 Å². The summed E-state index contributed by atoms with van der Waals surface area (Å²) >= 11 is 3.46. The molecule has 0 unspecified atom stereocenters. The fraction of sp³-hybridized carbons (Fsp3) is 0.160. The Labute approximate surface area is 195 Å². The maximum atomic E-state index is 12.9. The summed E-state index contributed by atoms with van der Waals surface area (Å²) in [6, 6.07) is 21.0. The summed E-state index contributed by atoms with van der Waals surface area (Å²) in [5.41, 5.74) is 4.68. The van der Waals surface area contributed by atoms with Gasteiger partial charge in [-0.1, -0.05) is 34.1 Å². The molecule has 0 saturated carbocycles. The van der Waals surface area contributed by atoms with Crippen molar-refractivity contribution in [3.05, 3.63) is 88.2 Å². The smallest absolute Gasteiger partial charge is 0.295 e. The zero-order valence-electron chi connectivity index (χ0n) is 18.1. The Kier molecular flexibility index (Phi) is 6.37. The number of carbonyl (C=O) groups is 1. The SMILES string of the molecule is CCOc1ccc(NC(=O)c2nc(-c3ccc(Br)cc3)n(-c3ccc(C)c(C)c3)n2)cc1. The molecule has 1 N–H and O–H groups in total. The van der Waals surface area contributed by atoms with Crippen LogP contribution in [0.1, 0.15) is 28.7 Å². The van der Waals surface area contributed by atoms with Gasteiger partial charge in [-0.3, -0.25) is 4.79 Å². The van der Waals surface area contributed by atoms with Crippen LogP contribution in [0.2, 0.25) is 0 Å². The number of rotatable bonds is 6. The summed E-state index contributed by atoms with van der Waals surface area (Å²) in [6.07, 6.45) is 0. The quantitative estimate of drug-likeness (QED) is 0.361. The highest BCUT2D eigenvalue weighted by Gasteiger charge is 2.19.